The normalized spacial score (nSPS) is 25.9. The topological polar surface area (TPSA) is 80.3 Å². The molecule has 2 aliphatic rings. The van der Waals surface area contributed by atoms with Crippen LogP contribution in [0.4, 0.5) is 22.0 Å². The first kappa shape index (κ1) is 38.0. The first-order valence-corrected chi connectivity index (χ1v) is 14.1. The molecule has 0 amide bonds. The lowest BCUT2D eigenvalue weighted by atomic mass is 9.72. The highest BCUT2D eigenvalue weighted by Crippen LogP contribution is 2.52. The first-order chi connectivity index (χ1) is 16.2. The van der Waals surface area contributed by atoms with E-state index in [0.717, 1.165) is 30.3 Å². The van der Waals surface area contributed by atoms with Crippen LogP contribution in [0.25, 0.3) is 0 Å². The summed E-state index contributed by atoms with van der Waals surface area (Å²) in [6, 6.07) is 4.82. The predicted molar refractivity (Wildman–Crippen MR) is 156 cm³/mol. The van der Waals surface area contributed by atoms with Gasteiger partial charge < -0.3 is 0 Å². The molecular formula is C24H34F5NO4S5. The summed E-state index contributed by atoms with van der Waals surface area (Å²) in [7, 11) is -8.14. The van der Waals surface area contributed by atoms with Gasteiger partial charge in [0.25, 0.3) is 0 Å². The fourth-order valence-electron chi connectivity index (χ4n) is 5.38. The van der Waals surface area contributed by atoms with Gasteiger partial charge in [-0.15, -0.1) is 0 Å². The highest BCUT2D eigenvalue weighted by molar-refractivity contribution is 7.92. The maximum absolute atomic E-state index is 15.1. The van der Waals surface area contributed by atoms with Crippen LogP contribution >= 0.6 is 40.5 Å². The summed E-state index contributed by atoms with van der Waals surface area (Å²) < 4.78 is 122. The zero-order valence-corrected chi connectivity index (χ0v) is 24.8. The van der Waals surface area contributed by atoms with E-state index < -0.39 is 75.7 Å². The summed E-state index contributed by atoms with van der Waals surface area (Å²) in [6.45, 7) is 1.69. The highest BCUT2D eigenvalue weighted by atomic mass is 32.2. The second kappa shape index (κ2) is 13.3. The molecule has 224 valence electrons. The summed E-state index contributed by atoms with van der Waals surface area (Å²) in [5.41, 5.74) is -1.45. The van der Waals surface area contributed by atoms with Crippen molar-refractivity contribution >= 4 is 60.3 Å². The van der Waals surface area contributed by atoms with E-state index in [0.29, 0.717) is 12.1 Å². The smallest absolute Gasteiger partial charge is 0.223 e. The van der Waals surface area contributed by atoms with Crippen LogP contribution in [0.15, 0.2) is 47.4 Å². The van der Waals surface area contributed by atoms with Gasteiger partial charge in [0.2, 0.25) is 10.0 Å². The van der Waals surface area contributed by atoms with E-state index >= 15 is 4.39 Å². The highest BCUT2D eigenvalue weighted by Gasteiger charge is 2.55. The van der Waals surface area contributed by atoms with E-state index in [-0.39, 0.29) is 80.0 Å². The number of halogens is 5. The number of sulfonamides is 1. The molecule has 1 aliphatic carbocycles. The molecule has 1 heterocycles. The zero-order valence-electron chi connectivity index (χ0n) is 20.1. The molecular weight excluding hydrogens is 622 g/mol. The van der Waals surface area contributed by atoms with E-state index in [2.05, 4.69) is 4.72 Å². The zero-order chi connectivity index (χ0) is 25.8. The third kappa shape index (κ3) is 6.91. The number of nitrogens with one attached hydrogen (secondary N) is 1. The molecule has 2 fully saturated rings. The summed E-state index contributed by atoms with van der Waals surface area (Å²) in [5, 5.41) is -0.773. The molecule has 4 rings (SSSR count). The van der Waals surface area contributed by atoms with Gasteiger partial charge in [-0.3, -0.25) is 0 Å². The molecule has 0 radical (unpaired) electrons. The van der Waals surface area contributed by atoms with Crippen LogP contribution in [0.1, 0.15) is 57.6 Å². The van der Waals surface area contributed by atoms with Crippen molar-refractivity contribution in [3.8, 4) is 0 Å². The van der Waals surface area contributed by atoms with Crippen LogP contribution in [0.5, 0.6) is 0 Å². The van der Waals surface area contributed by atoms with Gasteiger partial charge in [-0.2, -0.15) is 53.7 Å². The van der Waals surface area contributed by atoms with Crippen molar-refractivity contribution < 1.29 is 38.8 Å². The third-order valence-electron chi connectivity index (χ3n) is 7.22. The van der Waals surface area contributed by atoms with Gasteiger partial charge in [0.1, 0.15) is 16.4 Å². The monoisotopic (exact) mass is 655 g/mol. The van der Waals surface area contributed by atoms with E-state index in [4.69, 9.17) is 0 Å². The van der Waals surface area contributed by atoms with Gasteiger partial charge >= 0.3 is 6.18 Å². The lowest BCUT2D eigenvalue weighted by Crippen LogP contribution is -2.57. The number of hydrogen-bond acceptors (Lipinski definition) is 4. The van der Waals surface area contributed by atoms with Gasteiger partial charge in [-0.1, -0.05) is 14.4 Å². The molecule has 1 saturated heterocycles. The van der Waals surface area contributed by atoms with Crippen LogP contribution in [-0.2, 0) is 30.8 Å². The van der Waals surface area contributed by atoms with E-state index in [1.54, 1.807) is 6.92 Å². The van der Waals surface area contributed by atoms with Crippen molar-refractivity contribution in [2.24, 2.45) is 5.92 Å². The third-order valence-corrected chi connectivity index (χ3v) is 11.8. The minimum absolute atomic E-state index is 0. The number of rotatable bonds is 4. The minimum Gasteiger partial charge on any atom is -0.223 e. The Hall–Kier alpha value is -1.000. The second-order valence-electron chi connectivity index (χ2n) is 9.18. The fourth-order valence-corrected chi connectivity index (χ4v) is 9.46. The van der Waals surface area contributed by atoms with E-state index in [1.165, 1.54) is 0 Å². The van der Waals surface area contributed by atoms with Crippen LogP contribution < -0.4 is 4.72 Å². The van der Waals surface area contributed by atoms with E-state index in [9.17, 15) is 34.4 Å². The average molecular weight is 656 g/mol. The lowest BCUT2D eigenvalue weighted by molar-refractivity contribution is -0.137. The summed E-state index contributed by atoms with van der Waals surface area (Å²) >= 11 is 0. The molecule has 0 spiro atoms. The van der Waals surface area contributed by atoms with Crippen molar-refractivity contribution in [3.63, 3.8) is 0 Å². The first-order valence-electron chi connectivity index (χ1n) is 11.1. The quantitative estimate of drug-likeness (QED) is 0.417. The van der Waals surface area contributed by atoms with Gasteiger partial charge in [0.05, 0.1) is 15.7 Å². The molecule has 15 heteroatoms. The van der Waals surface area contributed by atoms with Crippen LogP contribution in [0.2, 0.25) is 0 Å². The molecule has 2 aromatic rings. The van der Waals surface area contributed by atoms with Crippen molar-refractivity contribution in [3.05, 3.63) is 65.2 Å². The molecule has 0 bridgehead atoms. The Kier molecular flexibility index (Phi) is 13.0. The Morgan fingerprint density at radius 3 is 2.15 bits per heavy atom. The maximum atomic E-state index is 15.1. The predicted octanol–water partition coefficient (Wildman–Crippen LogP) is 5.90. The van der Waals surface area contributed by atoms with Crippen LogP contribution in [0.3, 0.4) is 0 Å². The van der Waals surface area contributed by atoms with Gasteiger partial charge in [-0.05, 0) is 80.5 Å². The number of alkyl halides is 3. The molecule has 1 saturated carbocycles. The lowest BCUT2D eigenvalue weighted by Gasteiger charge is -2.47. The van der Waals surface area contributed by atoms with Crippen molar-refractivity contribution in [2.45, 2.75) is 73.6 Å². The molecule has 39 heavy (non-hydrogen) atoms. The van der Waals surface area contributed by atoms with Crippen molar-refractivity contribution in [1.82, 2.24) is 4.72 Å². The van der Waals surface area contributed by atoms with Crippen LogP contribution in [0, 0.1) is 17.6 Å². The Morgan fingerprint density at radius 2 is 1.62 bits per heavy atom. The Bertz CT molecular complexity index is 1340. The Labute approximate surface area is 247 Å². The molecule has 5 nitrogen and oxygen atoms in total. The summed E-state index contributed by atoms with van der Waals surface area (Å²) in [4.78, 5) is -0.448. The summed E-state index contributed by atoms with van der Waals surface area (Å²) in [6.07, 6.45) is -4.67. The number of benzene rings is 2. The van der Waals surface area contributed by atoms with E-state index in [1.807, 2.05) is 0 Å². The molecule has 2 aromatic carbocycles. The number of fused-ring (bicyclic) bond motifs is 1. The number of sulfone groups is 1. The summed E-state index contributed by atoms with van der Waals surface area (Å²) in [5.74, 6) is -2.31. The van der Waals surface area contributed by atoms with Gasteiger partial charge in [-0.25, -0.2) is 30.3 Å². The van der Waals surface area contributed by atoms with Crippen LogP contribution in [-0.4, -0.2) is 28.1 Å². The average Bonchev–Trinajstić information content (AvgIpc) is 2.79. The second-order valence-corrected chi connectivity index (χ2v) is 13.4. The molecule has 1 N–H and O–H groups in total. The largest absolute Gasteiger partial charge is 0.416 e. The standard InChI is InChI=1S/C23H24F5NO4S2.CH4.3H2S/c1-2-17-11-14-13-22(10-9-21(14)29-35(17,32)33,19-12-16(24)5-8-20(19)25)34(30,31)18-6-3-15(4-7-18)23(26,27)28;;;;/h3-8,12,14,17,21,29H,2,9-11,13H2,1H3;1H4;3*1H2/t14-,17-,21+,22-;;;;/m0..../s1. The van der Waals surface area contributed by atoms with Crippen molar-refractivity contribution in [2.75, 3.05) is 0 Å². The maximum Gasteiger partial charge on any atom is 0.416 e. The fraction of sp³-hybridized carbons (Fsp3) is 0.500. The number of hydrogen-bond donors (Lipinski definition) is 1. The molecule has 0 unspecified atom stereocenters. The SMILES string of the molecule is C.CC[C@H]1C[C@H]2C[C@@](c3cc(F)ccc3F)(S(=O)(=O)c3ccc(C(F)(F)F)cc3)CC[C@H]2NS1(=O)=O.S.S.S. The molecule has 1 aliphatic heterocycles. The Balaban J connectivity index is 0.00000361. The Morgan fingerprint density at radius 1 is 1.03 bits per heavy atom. The van der Waals surface area contributed by atoms with Gasteiger partial charge in [0.15, 0.2) is 9.84 Å². The minimum atomic E-state index is -4.68. The molecule has 0 aromatic heterocycles. The van der Waals surface area contributed by atoms with Gasteiger partial charge in [0, 0.05) is 11.6 Å². The molecule has 4 atom stereocenters. The van der Waals surface area contributed by atoms with Crippen molar-refractivity contribution in [1.29, 1.82) is 0 Å².